The molecule has 0 spiro atoms. The number of esters is 1. The van der Waals surface area contributed by atoms with Crippen molar-refractivity contribution in [3.05, 3.63) is 41.5 Å². The fraction of sp³-hybridized carbons (Fsp3) is 0.500. The number of ether oxygens (including phenoxy) is 1. The summed E-state index contributed by atoms with van der Waals surface area (Å²) in [6.07, 6.45) is 4.80. The van der Waals surface area contributed by atoms with Gasteiger partial charge in [0.1, 0.15) is 6.54 Å². The predicted octanol–water partition coefficient (Wildman–Crippen LogP) is 3.37. The molecule has 1 aliphatic carbocycles. The van der Waals surface area contributed by atoms with Gasteiger partial charge in [-0.25, -0.2) is 0 Å². The van der Waals surface area contributed by atoms with E-state index < -0.39 is 36.9 Å². The Morgan fingerprint density at radius 1 is 1.00 bits per heavy atom. The Morgan fingerprint density at radius 3 is 2.00 bits per heavy atom. The van der Waals surface area contributed by atoms with Crippen molar-refractivity contribution in [2.75, 3.05) is 18.5 Å². The van der Waals surface area contributed by atoms with Crippen molar-refractivity contribution in [3.8, 4) is 0 Å². The van der Waals surface area contributed by atoms with Gasteiger partial charge in [-0.2, -0.15) is 0 Å². The smallest absolute Gasteiger partial charge is 0.326 e. The highest BCUT2D eigenvalue weighted by atomic mass is 16.5. The second-order valence-electron chi connectivity index (χ2n) is 8.75. The lowest BCUT2D eigenvalue weighted by Gasteiger charge is -2.20. The molecule has 0 aromatic heterocycles. The van der Waals surface area contributed by atoms with Gasteiger partial charge in [0.25, 0.3) is 5.91 Å². The number of fused-ring (bicyclic) bond motifs is 1. The summed E-state index contributed by atoms with van der Waals surface area (Å²) in [6, 6.07) is 5.91. The minimum atomic E-state index is -0.773. The number of allylic oxidation sites excluding steroid dienone is 2. The third kappa shape index (κ3) is 4.86. The second kappa shape index (κ2) is 9.45. The molecule has 166 valence electrons. The molecule has 1 heterocycles. The minimum Gasteiger partial charge on any atom is -0.454 e. The summed E-state index contributed by atoms with van der Waals surface area (Å²) in [7, 11) is 0. The molecule has 31 heavy (non-hydrogen) atoms. The van der Waals surface area contributed by atoms with Crippen LogP contribution in [-0.2, 0) is 23.9 Å². The van der Waals surface area contributed by atoms with Gasteiger partial charge in [-0.05, 0) is 35.8 Å². The Morgan fingerprint density at radius 2 is 1.52 bits per heavy atom. The lowest BCUT2D eigenvalue weighted by atomic mass is 9.85. The number of hydrogen-bond donors (Lipinski definition) is 1. The van der Waals surface area contributed by atoms with Crippen LogP contribution in [0.5, 0.6) is 0 Å². The quantitative estimate of drug-likeness (QED) is 0.410. The van der Waals surface area contributed by atoms with Crippen LogP contribution >= 0.6 is 0 Å². The number of para-hydroxylation sites is 1. The van der Waals surface area contributed by atoms with Crippen molar-refractivity contribution in [2.45, 2.75) is 52.4 Å². The molecule has 1 fully saturated rings. The van der Waals surface area contributed by atoms with E-state index in [1.165, 1.54) is 0 Å². The number of hydrogen-bond acceptors (Lipinski definition) is 5. The lowest BCUT2D eigenvalue weighted by molar-refractivity contribution is -0.154. The van der Waals surface area contributed by atoms with Crippen molar-refractivity contribution in [2.24, 2.45) is 11.8 Å². The Kier molecular flexibility index (Phi) is 6.93. The number of carbonyl (C=O) groups excluding carboxylic acids is 4. The maximum absolute atomic E-state index is 12.5. The molecule has 7 nitrogen and oxygen atoms in total. The van der Waals surface area contributed by atoms with Gasteiger partial charge in [0.2, 0.25) is 11.8 Å². The third-order valence-corrected chi connectivity index (χ3v) is 5.89. The van der Waals surface area contributed by atoms with Crippen LogP contribution in [-0.4, -0.2) is 41.7 Å². The minimum absolute atomic E-state index is 0.210. The molecular weight excluding hydrogens is 396 g/mol. The first-order valence-electron chi connectivity index (χ1n) is 10.8. The Hall–Kier alpha value is -2.96. The zero-order valence-corrected chi connectivity index (χ0v) is 18.5. The first kappa shape index (κ1) is 22.7. The van der Waals surface area contributed by atoms with E-state index in [0.29, 0.717) is 12.8 Å². The van der Waals surface area contributed by atoms with Gasteiger partial charge in [-0.15, -0.1) is 0 Å². The summed E-state index contributed by atoms with van der Waals surface area (Å²) in [6.45, 7) is 7.25. The number of carbonyl (C=O) groups is 4. The van der Waals surface area contributed by atoms with Crippen LogP contribution in [0, 0.1) is 11.8 Å². The molecule has 0 bridgehead atoms. The highest BCUT2D eigenvalue weighted by Gasteiger charge is 2.47. The van der Waals surface area contributed by atoms with Crippen molar-refractivity contribution < 1.29 is 23.9 Å². The number of likely N-dealkylation sites (tertiary alicyclic amines) is 1. The van der Waals surface area contributed by atoms with Crippen LogP contribution in [0.4, 0.5) is 5.69 Å². The van der Waals surface area contributed by atoms with Crippen LogP contribution in [0.3, 0.4) is 0 Å². The molecule has 1 aromatic carbocycles. The molecule has 3 amide bonds. The number of amides is 3. The molecule has 0 saturated carbocycles. The van der Waals surface area contributed by atoms with E-state index in [-0.39, 0.29) is 23.7 Å². The van der Waals surface area contributed by atoms with Crippen molar-refractivity contribution in [1.82, 2.24) is 4.90 Å². The number of anilines is 1. The van der Waals surface area contributed by atoms with Gasteiger partial charge in [0, 0.05) is 5.69 Å². The van der Waals surface area contributed by atoms with Crippen LogP contribution in [0.15, 0.2) is 30.4 Å². The maximum atomic E-state index is 12.5. The summed E-state index contributed by atoms with van der Waals surface area (Å²) >= 11 is 0. The monoisotopic (exact) mass is 426 g/mol. The first-order valence-corrected chi connectivity index (χ1v) is 10.8. The Balaban J connectivity index is 1.59. The topological polar surface area (TPSA) is 92.8 Å². The normalized spacial score (nSPS) is 20.4. The number of imide groups is 1. The van der Waals surface area contributed by atoms with Crippen LogP contribution in [0.2, 0.25) is 0 Å². The largest absolute Gasteiger partial charge is 0.454 e. The molecule has 1 aromatic rings. The highest BCUT2D eigenvalue weighted by Crippen LogP contribution is 2.35. The fourth-order valence-electron chi connectivity index (χ4n) is 4.22. The molecule has 0 radical (unpaired) electrons. The van der Waals surface area contributed by atoms with E-state index in [2.05, 4.69) is 5.32 Å². The van der Waals surface area contributed by atoms with Crippen LogP contribution in [0.1, 0.15) is 63.5 Å². The van der Waals surface area contributed by atoms with Crippen LogP contribution < -0.4 is 5.32 Å². The van der Waals surface area contributed by atoms with E-state index in [0.717, 1.165) is 21.7 Å². The summed E-state index contributed by atoms with van der Waals surface area (Å²) in [5.41, 5.74) is 2.76. The summed E-state index contributed by atoms with van der Waals surface area (Å²) < 4.78 is 5.08. The molecular formula is C24H30N2O5. The van der Waals surface area contributed by atoms with Crippen LogP contribution in [0.25, 0.3) is 0 Å². The molecule has 1 aliphatic heterocycles. The predicted molar refractivity (Wildman–Crippen MR) is 116 cm³/mol. The molecule has 3 rings (SSSR count). The van der Waals surface area contributed by atoms with E-state index in [1.54, 1.807) is 0 Å². The number of rotatable bonds is 7. The first-order chi connectivity index (χ1) is 14.7. The third-order valence-electron chi connectivity index (χ3n) is 5.89. The molecule has 2 aliphatic rings. The van der Waals surface area contributed by atoms with Gasteiger partial charge in [-0.1, -0.05) is 58.0 Å². The summed E-state index contributed by atoms with van der Waals surface area (Å²) in [4.78, 5) is 50.6. The molecule has 0 unspecified atom stereocenters. The Bertz CT molecular complexity index is 866. The average Bonchev–Trinajstić information content (AvgIpc) is 2.97. The molecule has 7 heteroatoms. The summed E-state index contributed by atoms with van der Waals surface area (Å²) in [5, 5.41) is 2.88. The SMILES string of the molecule is CC(C)c1cccc(C(C)C)c1NC(=O)COC(=O)CN1C(=O)[C@H]2CC=CC[C@H]2C1=O. The average molecular weight is 427 g/mol. The molecule has 1 saturated heterocycles. The van der Waals surface area contributed by atoms with E-state index in [9.17, 15) is 19.2 Å². The van der Waals surface area contributed by atoms with Gasteiger partial charge in [0.15, 0.2) is 6.61 Å². The van der Waals surface area contributed by atoms with Gasteiger partial charge >= 0.3 is 5.97 Å². The van der Waals surface area contributed by atoms with Crippen molar-refractivity contribution in [3.63, 3.8) is 0 Å². The number of nitrogens with one attached hydrogen (secondary N) is 1. The molecule has 1 N–H and O–H groups in total. The second-order valence-corrected chi connectivity index (χ2v) is 8.75. The van der Waals surface area contributed by atoms with E-state index >= 15 is 0 Å². The number of benzene rings is 1. The lowest BCUT2D eigenvalue weighted by Crippen LogP contribution is -2.37. The summed E-state index contributed by atoms with van der Waals surface area (Å²) in [5.74, 6) is -2.28. The zero-order valence-electron chi connectivity index (χ0n) is 18.5. The fourth-order valence-corrected chi connectivity index (χ4v) is 4.22. The van der Waals surface area contributed by atoms with Gasteiger partial charge in [-0.3, -0.25) is 24.1 Å². The Labute approximate surface area is 182 Å². The highest BCUT2D eigenvalue weighted by molar-refractivity contribution is 6.07. The van der Waals surface area contributed by atoms with Gasteiger partial charge in [0.05, 0.1) is 11.8 Å². The van der Waals surface area contributed by atoms with Crippen molar-refractivity contribution >= 4 is 29.4 Å². The van der Waals surface area contributed by atoms with E-state index in [4.69, 9.17) is 4.74 Å². The number of nitrogens with zero attached hydrogens (tertiary/aromatic N) is 1. The van der Waals surface area contributed by atoms with Gasteiger partial charge < -0.3 is 10.1 Å². The maximum Gasteiger partial charge on any atom is 0.326 e. The van der Waals surface area contributed by atoms with Crippen molar-refractivity contribution in [1.29, 1.82) is 0 Å². The van der Waals surface area contributed by atoms with E-state index in [1.807, 2.05) is 58.0 Å². The zero-order chi connectivity index (χ0) is 22.7. The standard InChI is InChI=1S/C24H30N2O5/c1-14(2)16-10-7-11-17(15(3)4)22(16)25-20(27)13-31-21(28)12-26-23(29)18-8-5-6-9-19(18)24(26)30/h5-7,10-11,14-15,18-19H,8-9,12-13H2,1-4H3,(H,25,27)/t18-,19+. The molecule has 2 atom stereocenters.